The number of morpholine rings is 1. The Morgan fingerprint density at radius 1 is 1.31 bits per heavy atom. The smallest absolute Gasteiger partial charge is 0.408 e. The standard InChI is InChI=1S/C18H29N3O5/c1-18(2,3)26-17(24)19-15(16(22)23)13-14-5-4-6-21(14)8-7-20-9-11-25-12-10-20/h4-6,15H,7-13H2,1-3H3,(H,19,24)(H,22,23). The second-order valence-corrected chi connectivity index (χ2v) is 7.39. The van der Waals surface area contributed by atoms with Gasteiger partial charge in [-0.1, -0.05) is 0 Å². The predicted octanol–water partition coefficient (Wildman–Crippen LogP) is 1.34. The highest BCUT2D eigenvalue weighted by Crippen LogP contribution is 2.10. The van der Waals surface area contributed by atoms with Crippen molar-refractivity contribution in [2.24, 2.45) is 0 Å². The molecule has 0 spiro atoms. The number of ether oxygens (including phenoxy) is 2. The van der Waals surface area contributed by atoms with Crippen molar-refractivity contribution in [2.45, 2.75) is 45.4 Å². The van der Waals surface area contributed by atoms with Crippen molar-refractivity contribution in [3.8, 4) is 0 Å². The van der Waals surface area contributed by atoms with E-state index in [9.17, 15) is 14.7 Å². The van der Waals surface area contributed by atoms with Gasteiger partial charge in [0.1, 0.15) is 11.6 Å². The summed E-state index contributed by atoms with van der Waals surface area (Å²) >= 11 is 0. The van der Waals surface area contributed by atoms with Crippen LogP contribution in [0.25, 0.3) is 0 Å². The average molecular weight is 367 g/mol. The maximum absolute atomic E-state index is 11.9. The maximum Gasteiger partial charge on any atom is 0.408 e. The van der Waals surface area contributed by atoms with Gasteiger partial charge in [0.15, 0.2) is 0 Å². The van der Waals surface area contributed by atoms with Crippen molar-refractivity contribution in [3.05, 3.63) is 24.0 Å². The van der Waals surface area contributed by atoms with Crippen LogP contribution in [0.1, 0.15) is 26.5 Å². The van der Waals surface area contributed by atoms with Crippen LogP contribution in [-0.2, 0) is 27.2 Å². The van der Waals surface area contributed by atoms with E-state index in [-0.39, 0.29) is 6.42 Å². The fourth-order valence-corrected chi connectivity index (χ4v) is 2.79. The molecule has 146 valence electrons. The van der Waals surface area contributed by atoms with Crippen molar-refractivity contribution in [1.29, 1.82) is 0 Å². The Labute approximate surface area is 154 Å². The summed E-state index contributed by atoms with van der Waals surface area (Å²) in [5.41, 5.74) is 0.188. The minimum Gasteiger partial charge on any atom is -0.480 e. The summed E-state index contributed by atoms with van der Waals surface area (Å²) in [5, 5.41) is 11.9. The number of amides is 1. The highest BCUT2D eigenvalue weighted by atomic mass is 16.6. The van der Waals surface area contributed by atoms with E-state index in [1.807, 2.05) is 22.9 Å². The Hall–Kier alpha value is -2.06. The van der Waals surface area contributed by atoms with Crippen LogP contribution in [0.3, 0.4) is 0 Å². The highest BCUT2D eigenvalue weighted by Gasteiger charge is 2.25. The van der Waals surface area contributed by atoms with Gasteiger partial charge >= 0.3 is 12.1 Å². The summed E-state index contributed by atoms with van der Waals surface area (Å²) < 4.78 is 12.5. The first-order valence-corrected chi connectivity index (χ1v) is 8.91. The van der Waals surface area contributed by atoms with Crippen LogP contribution in [0.4, 0.5) is 4.79 Å². The quantitative estimate of drug-likeness (QED) is 0.755. The SMILES string of the molecule is CC(C)(C)OC(=O)NC(Cc1cccn1CCN1CCOCC1)C(=O)O. The number of nitrogens with one attached hydrogen (secondary N) is 1. The molecule has 1 aromatic rings. The van der Waals surface area contributed by atoms with Crippen molar-refractivity contribution in [1.82, 2.24) is 14.8 Å². The molecule has 1 atom stereocenters. The molecule has 1 amide bonds. The van der Waals surface area contributed by atoms with Gasteiger partial charge in [-0.25, -0.2) is 9.59 Å². The van der Waals surface area contributed by atoms with Gasteiger partial charge in [0, 0.05) is 44.5 Å². The molecule has 0 aromatic carbocycles. The zero-order chi connectivity index (χ0) is 19.2. The first kappa shape index (κ1) is 20.3. The predicted molar refractivity (Wildman–Crippen MR) is 96.2 cm³/mol. The minimum atomic E-state index is -1.09. The van der Waals surface area contributed by atoms with Crippen LogP contribution in [0.2, 0.25) is 0 Å². The lowest BCUT2D eigenvalue weighted by molar-refractivity contribution is -0.139. The third kappa shape index (κ3) is 6.68. The lowest BCUT2D eigenvalue weighted by Gasteiger charge is -2.27. The molecule has 2 heterocycles. The molecule has 2 N–H and O–H groups in total. The minimum absolute atomic E-state index is 0.199. The van der Waals surface area contributed by atoms with E-state index in [1.54, 1.807) is 20.8 Å². The van der Waals surface area contributed by atoms with E-state index in [1.165, 1.54) is 0 Å². The van der Waals surface area contributed by atoms with E-state index < -0.39 is 23.7 Å². The molecule has 0 bridgehead atoms. The van der Waals surface area contributed by atoms with Gasteiger partial charge in [-0.15, -0.1) is 0 Å². The average Bonchev–Trinajstić information content (AvgIpc) is 2.98. The highest BCUT2D eigenvalue weighted by molar-refractivity contribution is 5.80. The molecule has 8 nitrogen and oxygen atoms in total. The van der Waals surface area contributed by atoms with Crippen LogP contribution in [0.15, 0.2) is 18.3 Å². The Balaban J connectivity index is 1.93. The van der Waals surface area contributed by atoms with Crippen molar-refractivity contribution in [2.75, 3.05) is 32.8 Å². The fourth-order valence-electron chi connectivity index (χ4n) is 2.79. The first-order chi connectivity index (χ1) is 12.2. The number of carbonyl (C=O) groups is 2. The number of aliphatic carboxylic acids is 1. The summed E-state index contributed by atoms with van der Waals surface area (Å²) in [6.07, 6.45) is 1.41. The largest absolute Gasteiger partial charge is 0.480 e. The second-order valence-electron chi connectivity index (χ2n) is 7.39. The van der Waals surface area contributed by atoms with Crippen LogP contribution in [-0.4, -0.2) is 71.1 Å². The molecule has 0 radical (unpaired) electrons. The number of rotatable bonds is 7. The van der Waals surface area contributed by atoms with Crippen LogP contribution < -0.4 is 5.32 Å². The molecule has 0 aliphatic carbocycles. The van der Waals surface area contributed by atoms with Gasteiger partial charge < -0.3 is 24.5 Å². The third-order valence-corrected chi connectivity index (χ3v) is 4.09. The van der Waals surface area contributed by atoms with Crippen molar-refractivity contribution in [3.63, 3.8) is 0 Å². The summed E-state index contributed by atoms with van der Waals surface area (Å²) in [6, 6.07) is 2.73. The fraction of sp³-hybridized carbons (Fsp3) is 0.667. The molecule has 26 heavy (non-hydrogen) atoms. The summed E-state index contributed by atoms with van der Waals surface area (Å²) in [7, 11) is 0. The zero-order valence-electron chi connectivity index (χ0n) is 15.7. The van der Waals surface area contributed by atoms with E-state index in [2.05, 4.69) is 10.2 Å². The lowest BCUT2D eigenvalue weighted by Crippen LogP contribution is -2.45. The van der Waals surface area contributed by atoms with E-state index in [4.69, 9.17) is 9.47 Å². The Morgan fingerprint density at radius 3 is 2.62 bits per heavy atom. The molecular formula is C18H29N3O5. The van der Waals surface area contributed by atoms with Gasteiger partial charge in [0.2, 0.25) is 0 Å². The second kappa shape index (κ2) is 9.05. The lowest BCUT2D eigenvalue weighted by atomic mass is 10.1. The van der Waals surface area contributed by atoms with Gasteiger partial charge in [0.25, 0.3) is 0 Å². The topological polar surface area (TPSA) is 93.0 Å². The molecular weight excluding hydrogens is 338 g/mol. The number of carbonyl (C=O) groups excluding carboxylic acids is 1. The van der Waals surface area contributed by atoms with Gasteiger partial charge in [0.05, 0.1) is 13.2 Å². The maximum atomic E-state index is 11.9. The number of carboxylic acid groups (broad SMARTS) is 1. The number of aromatic nitrogens is 1. The van der Waals surface area contributed by atoms with Crippen LogP contribution in [0, 0.1) is 0 Å². The monoisotopic (exact) mass is 367 g/mol. The summed E-state index contributed by atoms with van der Waals surface area (Å²) in [4.78, 5) is 25.8. The summed E-state index contributed by atoms with van der Waals surface area (Å²) in [5.74, 6) is -1.09. The Kier molecular flexibility index (Phi) is 7.05. The third-order valence-electron chi connectivity index (χ3n) is 4.09. The molecule has 1 aliphatic rings. The number of carboxylic acids is 1. The molecule has 2 rings (SSSR count). The molecule has 1 fully saturated rings. The van der Waals surface area contributed by atoms with E-state index in [0.29, 0.717) is 0 Å². The number of hydrogen-bond donors (Lipinski definition) is 2. The van der Waals surface area contributed by atoms with E-state index in [0.717, 1.165) is 45.1 Å². The molecule has 1 unspecified atom stereocenters. The summed E-state index contributed by atoms with van der Waals surface area (Å²) in [6.45, 7) is 10.2. The Morgan fingerprint density at radius 2 is 2.00 bits per heavy atom. The number of nitrogens with zero attached hydrogens (tertiary/aromatic N) is 2. The van der Waals surface area contributed by atoms with E-state index >= 15 is 0 Å². The molecule has 1 saturated heterocycles. The first-order valence-electron chi connectivity index (χ1n) is 8.91. The molecule has 1 aromatic heterocycles. The normalized spacial score (nSPS) is 16.9. The number of hydrogen-bond acceptors (Lipinski definition) is 5. The zero-order valence-corrected chi connectivity index (χ0v) is 15.7. The molecule has 8 heteroatoms. The van der Waals surface area contributed by atoms with Gasteiger partial charge in [-0.2, -0.15) is 0 Å². The Bertz CT molecular complexity index is 602. The van der Waals surface area contributed by atoms with Gasteiger partial charge in [-0.3, -0.25) is 4.90 Å². The van der Waals surface area contributed by atoms with Crippen LogP contribution in [0.5, 0.6) is 0 Å². The van der Waals surface area contributed by atoms with Crippen molar-refractivity contribution < 1.29 is 24.2 Å². The van der Waals surface area contributed by atoms with Crippen LogP contribution >= 0.6 is 0 Å². The number of alkyl carbamates (subject to hydrolysis) is 1. The molecule has 1 aliphatic heterocycles. The van der Waals surface area contributed by atoms with Gasteiger partial charge in [-0.05, 0) is 32.9 Å². The molecule has 0 saturated carbocycles. The van der Waals surface area contributed by atoms with Crippen molar-refractivity contribution >= 4 is 12.1 Å².